The van der Waals surface area contributed by atoms with Gasteiger partial charge in [-0.3, -0.25) is 4.90 Å². The average Bonchev–Trinajstić information content (AvgIpc) is 3.13. The van der Waals surface area contributed by atoms with E-state index in [0.717, 1.165) is 54.1 Å². The average molecular weight is 472 g/mol. The molecule has 2 aromatic carbocycles. The Balaban J connectivity index is 1.79. The van der Waals surface area contributed by atoms with Crippen LogP contribution in [0, 0.1) is 0 Å². The number of rotatable bonds is 7. The molecule has 32 heavy (non-hydrogen) atoms. The first-order valence-electron chi connectivity index (χ1n) is 11.3. The Kier molecular flexibility index (Phi) is 7.00. The van der Waals surface area contributed by atoms with Crippen molar-refractivity contribution in [2.45, 2.75) is 43.0 Å². The highest BCUT2D eigenvalue weighted by molar-refractivity contribution is 7.99. The lowest BCUT2D eigenvalue weighted by Gasteiger charge is -2.32. The first-order chi connectivity index (χ1) is 15.3. The van der Waals surface area contributed by atoms with Crippen molar-refractivity contribution in [2.24, 2.45) is 0 Å². The second-order valence-corrected chi connectivity index (χ2v) is 12.0. The van der Waals surface area contributed by atoms with Gasteiger partial charge in [-0.05, 0) is 60.7 Å². The van der Waals surface area contributed by atoms with E-state index >= 15 is 0 Å². The standard InChI is InChI=1S/C25H33N3O2S2/c1-5-31-23-8-11-25-21(17-23)16-22(18-27-14-12-26(4)13-15-27)28(25)32(29,30)24-9-6-20(7-10-24)19(2)3/h6-11,16-17,19H,5,12-15,18H2,1-4H3. The number of likely N-dealkylation sites (N-methyl/N-ethyl adjacent to an activating group) is 1. The highest BCUT2D eigenvalue weighted by Gasteiger charge is 2.25. The minimum Gasteiger partial charge on any atom is -0.304 e. The number of benzene rings is 2. The highest BCUT2D eigenvalue weighted by atomic mass is 32.2. The molecule has 172 valence electrons. The maximum absolute atomic E-state index is 13.8. The van der Waals surface area contributed by atoms with E-state index in [2.05, 4.69) is 49.8 Å². The molecular formula is C25H33N3O2S2. The zero-order valence-corrected chi connectivity index (χ0v) is 21.0. The molecule has 0 spiro atoms. The number of hydrogen-bond acceptors (Lipinski definition) is 5. The van der Waals surface area contributed by atoms with Crippen molar-refractivity contribution in [1.29, 1.82) is 0 Å². The van der Waals surface area contributed by atoms with Gasteiger partial charge in [-0.1, -0.05) is 32.9 Å². The molecule has 1 fully saturated rings. The summed E-state index contributed by atoms with van der Waals surface area (Å²) in [6, 6.07) is 15.5. The molecule has 0 N–H and O–H groups in total. The van der Waals surface area contributed by atoms with Crippen molar-refractivity contribution in [1.82, 2.24) is 13.8 Å². The Morgan fingerprint density at radius 2 is 1.66 bits per heavy atom. The Morgan fingerprint density at radius 3 is 2.28 bits per heavy atom. The molecule has 0 amide bonds. The second kappa shape index (κ2) is 9.59. The molecule has 1 aliphatic rings. The summed E-state index contributed by atoms with van der Waals surface area (Å²) in [4.78, 5) is 6.17. The number of fused-ring (bicyclic) bond motifs is 1. The molecule has 1 aromatic heterocycles. The zero-order chi connectivity index (χ0) is 22.9. The van der Waals surface area contributed by atoms with Crippen LogP contribution in [0.3, 0.4) is 0 Å². The lowest BCUT2D eigenvalue weighted by Crippen LogP contribution is -2.44. The quantitative estimate of drug-likeness (QED) is 0.461. The van der Waals surface area contributed by atoms with Gasteiger partial charge in [0.15, 0.2) is 0 Å². The van der Waals surface area contributed by atoms with E-state index in [1.54, 1.807) is 27.9 Å². The summed E-state index contributed by atoms with van der Waals surface area (Å²) < 4.78 is 29.3. The molecule has 4 rings (SSSR count). The summed E-state index contributed by atoms with van der Waals surface area (Å²) >= 11 is 1.77. The summed E-state index contributed by atoms with van der Waals surface area (Å²) in [5.41, 5.74) is 2.72. The summed E-state index contributed by atoms with van der Waals surface area (Å²) in [6.45, 7) is 10.9. The van der Waals surface area contributed by atoms with E-state index in [1.807, 2.05) is 24.3 Å². The number of thioether (sulfide) groups is 1. The molecule has 0 saturated carbocycles. The minimum absolute atomic E-state index is 0.339. The van der Waals surface area contributed by atoms with E-state index in [-0.39, 0.29) is 0 Å². The molecule has 1 aliphatic heterocycles. The number of piperazine rings is 1. The van der Waals surface area contributed by atoms with Crippen molar-refractivity contribution >= 4 is 32.7 Å². The number of hydrogen-bond donors (Lipinski definition) is 0. The molecule has 5 nitrogen and oxygen atoms in total. The molecule has 0 bridgehead atoms. The molecule has 0 atom stereocenters. The number of aromatic nitrogens is 1. The van der Waals surface area contributed by atoms with E-state index in [4.69, 9.17) is 0 Å². The largest absolute Gasteiger partial charge is 0.304 e. The Hall–Kier alpha value is -1.80. The van der Waals surface area contributed by atoms with E-state index in [1.165, 1.54) is 4.90 Å². The third-order valence-electron chi connectivity index (χ3n) is 6.18. The van der Waals surface area contributed by atoms with Crippen LogP contribution < -0.4 is 0 Å². The summed E-state index contributed by atoms with van der Waals surface area (Å²) in [7, 11) is -1.58. The van der Waals surface area contributed by atoms with Gasteiger partial charge in [-0.2, -0.15) is 0 Å². The van der Waals surface area contributed by atoms with Crippen LogP contribution in [-0.4, -0.2) is 61.2 Å². The van der Waals surface area contributed by atoms with Crippen LogP contribution in [-0.2, 0) is 16.6 Å². The van der Waals surface area contributed by atoms with Crippen LogP contribution in [0.5, 0.6) is 0 Å². The van der Waals surface area contributed by atoms with Crippen LogP contribution in [0.4, 0.5) is 0 Å². The smallest absolute Gasteiger partial charge is 0.268 e. The zero-order valence-electron chi connectivity index (χ0n) is 19.4. The molecule has 0 unspecified atom stereocenters. The Labute approximate surface area is 196 Å². The third kappa shape index (κ3) is 4.76. The summed E-state index contributed by atoms with van der Waals surface area (Å²) in [5, 5.41) is 0.981. The van der Waals surface area contributed by atoms with Crippen LogP contribution in [0.2, 0.25) is 0 Å². The molecular weight excluding hydrogens is 438 g/mol. The molecule has 7 heteroatoms. The third-order valence-corrected chi connectivity index (χ3v) is 8.83. The molecule has 0 aliphatic carbocycles. The topological polar surface area (TPSA) is 45.5 Å². The highest BCUT2D eigenvalue weighted by Crippen LogP contribution is 2.31. The Bertz CT molecular complexity index is 1180. The first-order valence-corrected chi connectivity index (χ1v) is 13.8. The van der Waals surface area contributed by atoms with Crippen molar-refractivity contribution in [3.63, 3.8) is 0 Å². The summed E-state index contributed by atoms with van der Waals surface area (Å²) in [6.07, 6.45) is 0. The molecule has 0 radical (unpaired) electrons. The molecule has 3 aromatic rings. The van der Waals surface area contributed by atoms with Gasteiger partial charge in [0.25, 0.3) is 10.0 Å². The van der Waals surface area contributed by atoms with Crippen LogP contribution >= 0.6 is 11.8 Å². The van der Waals surface area contributed by atoms with Crippen LogP contribution in [0.1, 0.15) is 37.9 Å². The van der Waals surface area contributed by atoms with Crippen molar-refractivity contribution < 1.29 is 8.42 Å². The monoisotopic (exact) mass is 471 g/mol. The fraction of sp³-hybridized carbons (Fsp3) is 0.440. The van der Waals surface area contributed by atoms with Crippen LogP contribution in [0.25, 0.3) is 10.9 Å². The van der Waals surface area contributed by atoms with E-state index in [0.29, 0.717) is 17.4 Å². The summed E-state index contributed by atoms with van der Waals surface area (Å²) in [5.74, 6) is 1.35. The van der Waals surface area contributed by atoms with Gasteiger partial charge in [0.1, 0.15) is 0 Å². The molecule has 1 saturated heterocycles. The van der Waals surface area contributed by atoms with Gasteiger partial charge in [-0.25, -0.2) is 12.4 Å². The second-order valence-electron chi connectivity index (χ2n) is 8.86. The fourth-order valence-electron chi connectivity index (χ4n) is 4.24. The van der Waals surface area contributed by atoms with E-state index < -0.39 is 10.0 Å². The lowest BCUT2D eigenvalue weighted by atomic mass is 10.0. The van der Waals surface area contributed by atoms with Gasteiger partial charge in [0, 0.05) is 48.7 Å². The normalized spacial score (nSPS) is 16.3. The Morgan fingerprint density at radius 1 is 0.969 bits per heavy atom. The van der Waals surface area contributed by atoms with Crippen molar-refractivity contribution in [3.8, 4) is 0 Å². The van der Waals surface area contributed by atoms with Gasteiger partial charge >= 0.3 is 0 Å². The SMILES string of the molecule is CCSc1ccc2c(c1)cc(CN1CCN(C)CC1)n2S(=O)(=O)c1ccc(C(C)C)cc1. The van der Waals surface area contributed by atoms with Gasteiger partial charge < -0.3 is 4.90 Å². The predicted octanol–water partition coefficient (Wildman–Crippen LogP) is 4.86. The molecule has 2 heterocycles. The lowest BCUT2D eigenvalue weighted by molar-refractivity contribution is 0.147. The number of nitrogens with zero attached hydrogens (tertiary/aromatic N) is 3. The fourth-order valence-corrected chi connectivity index (χ4v) is 6.48. The predicted molar refractivity (Wildman–Crippen MR) is 134 cm³/mol. The van der Waals surface area contributed by atoms with Crippen molar-refractivity contribution in [3.05, 3.63) is 59.8 Å². The van der Waals surface area contributed by atoms with Gasteiger partial charge in [-0.15, -0.1) is 11.8 Å². The van der Waals surface area contributed by atoms with Gasteiger partial charge in [0.2, 0.25) is 0 Å². The maximum Gasteiger partial charge on any atom is 0.268 e. The first kappa shape index (κ1) is 23.4. The van der Waals surface area contributed by atoms with Gasteiger partial charge in [0.05, 0.1) is 10.4 Å². The van der Waals surface area contributed by atoms with Crippen LogP contribution in [0.15, 0.2) is 58.3 Å². The van der Waals surface area contributed by atoms with E-state index in [9.17, 15) is 8.42 Å². The van der Waals surface area contributed by atoms with Crippen molar-refractivity contribution in [2.75, 3.05) is 39.0 Å². The minimum atomic E-state index is -3.71. The maximum atomic E-state index is 13.8.